The molecule has 1 aromatic heterocycles. The van der Waals surface area contributed by atoms with Gasteiger partial charge in [0.25, 0.3) is 0 Å². The van der Waals surface area contributed by atoms with Crippen LogP contribution in [-0.2, 0) is 6.42 Å². The van der Waals surface area contributed by atoms with Crippen LogP contribution in [0.1, 0.15) is 62.3 Å². The number of aryl methyl sites for hydroxylation is 1. The van der Waals surface area contributed by atoms with Crippen LogP contribution in [0.15, 0.2) is 16.5 Å². The lowest BCUT2D eigenvalue weighted by molar-refractivity contribution is 0.0758. The van der Waals surface area contributed by atoms with E-state index < -0.39 is 0 Å². The zero-order chi connectivity index (χ0) is 11.6. The van der Waals surface area contributed by atoms with Crippen LogP contribution in [0.2, 0.25) is 0 Å². The van der Waals surface area contributed by atoms with Crippen molar-refractivity contribution in [3.05, 3.63) is 23.7 Å². The summed E-state index contributed by atoms with van der Waals surface area (Å²) in [6.07, 6.45) is 6.22. The van der Waals surface area contributed by atoms with Gasteiger partial charge in [0.15, 0.2) is 5.76 Å². The summed E-state index contributed by atoms with van der Waals surface area (Å²) >= 11 is 0. The first-order valence-electron chi connectivity index (χ1n) is 6.35. The lowest BCUT2D eigenvalue weighted by atomic mass is 9.78. The van der Waals surface area contributed by atoms with Crippen LogP contribution in [0.3, 0.4) is 0 Å². The summed E-state index contributed by atoms with van der Waals surface area (Å²) in [5, 5.41) is 0. The van der Waals surface area contributed by atoms with Crippen LogP contribution in [0.5, 0.6) is 0 Å². The second-order valence-corrected chi connectivity index (χ2v) is 4.79. The molecule has 88 valence electrons. The number of ketones is 1. The molecule has 0 N–H and O–H groups in total. The van der Waals surface area contributed by atoms with Crippen LogP contribution in [0, 0.1) is 5.41 Å². The van der Waals surface area contributed by atoms with Crippen molar-refractivity contribution in [2.75, 3.05) is 0 Å². The predicted molar refractivity (Wildman–Crippen MR) is 63.6 cm³/mol. The van der Waals surface area contributed by atoms with Gasteiger partial charge in [0.2, 0.25) is 5.78 Å². The van der Waals surface area contributed by atoms with E-state index in [1.807, 2.05) is 19.1 Å². The molecule has 0 unspecified atom stereocenters. The van der Waals surface area contributed by atoms with E-state index in [1.54, 1.807) is 0 Å². The van der Waals surface area contributed by atoms with Crippen molar-refractivity contribution < 1.29 is 9.21 Å². The fourth-order valence-corrected chi connectivity index (χ4v) is 2.74. The maximum atomic E-state index is 12.4. The molecule has 0 spiro atoms. The third-order valence-electron chi connectivity index (χ3n) is 3.95. The summed E-state index contributed by atoms with van der Waals surface area (Å²) in [5.74, 6) is 1.71. The van der Waals surface area contributed by atoms with Gasteiger partial charge in [0.05, 0.1) is 0 Å². The van der Waals surface area contributed by atoms with Crippen molar-refractivity contribution in [2.45, 2.75) is 52.4 Å². The van der Waals surface area contributed by atoms with E-state index in [2.05, 4.69) is 6.92 Å². The summed E-state index contributed by atoms with van der Waals surface area (Å²) in [5.41, 5.74) is -0.122. The zero-order valence-corrected chi connectivity index (χ0v) is 10.2. The fraction of sp³-hybridized carbons (Fsp3) is 0.643. The number of rotatable bonds is 4. The number of hydrogen-bond acceptors (Lipinski definition) is 2. The molecule has 1 aromatic rings. The highest BCUT2D eigenvalue weighted by Crippen LogP contribution is 2.43. The SMILES string of the molecule is CCc1ccc(C(=O)C2(CC)CCCC2)o1. The van der Waals surface area contributed by atoms with Gasteiger partial charge in [-0.25, -0.2) is 0 Å². The molecule has 0 radical (unpaired) electrons. The van der Waals surface area contributed by atoms with Gasteiger partial charge in [0.1, 0.15) is 5.76 Å². The Kier molecular flexibility index (Phi) is 3.17. The number of carbonyl (C=O) groups is 1. The lowest BCUT2D eigenvalue weighted by Crippen LogP contribution is -2.26. The number of Topliss-reactive ketones (excluding diaryl/α,β-unsaturated/α-hetero) is 1. The highest BCUT2D eigenvalue weighted by molar-refractivity contribution is 5.98. The van der Waals surface area contributed by atoms with E-state index in [0.717, 1.165) is 31.4 Å². The molecule has 1 saturated carbocycles. The maximum Gasteiger partial charge on any atom is 0.204 e. The first kappa shape index (κ1) is 11.4. The highest BCUT2D eigenvalue weighted by Gasteiger charge is 2.40. The number of hydrogen-bond donors (Lipinski definition) is 0. The quantitative estimate of drug-likeness (QED) is 0.718. The Balaban J connectivity index is 2.23. The Morgan fingerprint density at radius 2 is 2.00 bits per heavy atom. The normalized spacial score (nSPS) is 18.9. The minimum Gasteiger partial charge on any atom is -0.458 e. The average molecular weight is 220 g/mol. The van der Waals surface area contributed by atoms with Gasteiger partial charge < -0.3 is 4.42 Å². The molecule has 0 atom stereocenters. The second kappa shape index (κ2) is 4.44. The highest BCUT2D eigenvalue weighted by atomic mass is 16.3. The number of furan rings is 1. The fourth-order valence-electron chi connectivity index (χ4n) is 2.74. The zero-order valence-electron chi connectivity index (χ0n) is 10.2. The van der Waals surface area contributed by atoms with Crippen molar-refractivity contribution in [2.24, 2.45) is 5.41 Å². The van der Waals surface area contributed by atoms with Crippen LogP contribution >= 0.6 is 0 Å². The van der Waals surface area contributed by atoms with Gasteiger partial charge in [-0.05, 0) is 31.4 Å². The Morgan fingerprint density at radius 3 is 2.50 bits per heavy atom. The molecule has 1 fully saturated rings. The Morgan fingerprint density at radius 1 is 1.31 bits per heavy atom. The van der Waals surface area contributed by atoms with E-state index in [-0.39, 0.29) is 11.2 Å². The largest absolute Gasteiger partial charge is 0.458 e. The molecule has 1 aliphatic carbocycles. The van der Waals surface area contributed by atoms with Crippen LogP contribution in [0.4, 0.5) is 0 Å². The average Bonchev–Trinajstić information content (AvgIpc) is 2.98. The van der Waals surface area contributed by atoms with Gasteiger partial charge in [-0.15, -0.1) is 0 Å². The first-order valence-corrected chi connectivity index (χ1v) is 6.35. The van der Waals surface area contributed by atoms with Crippen LogP contribution in [0.25, 0.3) is 0 Å². The Bertz CT molecular complexity index is 370. The summed E-state index contributed by atoms with van der Waals surface area (Å²) in [6, 6.07) is 3.77. The van der Waals surface area contributed by atoms with E-state index >= 15 is 0 Å². The molecule has 0 aromatic carbocycles. The van der Waals surface area contributed by atoms with Gasteiger partial charge in [-0.3, -0.25) is 4.79 Å². The van der Waals surface area contributed by atoms with Crippen molar-refractivity contribution in [1.29, 1.82) is 0 Å². The first-order chi connectivity index (χ1) is 7.72. The Labute approximate surface area is 97.0 Å². The summed E-state index contributed by atoms with van der Waals surface area (Å²) in [6.45, 7) is 4.16. The molecule has 0 amide bonds. The molecule has 1 heterocycles. The summed E-state index contributed by atoms with van der Waals surface area (Å²) < 4.78 is 5.58. The third kappa shape index (κ3) is 1.81. The molecule has 2 heteroatoms. The minimum absolute atomic E-state index is 0.122. The van der Waals surface area contributed by atoms with Crippen LogP contribution in [-0.4, -0.2) is 5.78 Å². The summed E-state index contributed by atoms with van der Waals surface area (Å²) in [7, 11) is 0. The Hall–Kier alpha value is -1.05. The standard InChI is InChI=1S/C14H20O2/c1-3-11-7-8-12(16-11)13(15)14(4-2)9-5-6-10-14/h7-8H,3-6,9-10H2,1-2H3. The van der Waals surface area contributed by atoms with E-state index in [0.29, 0.717) is 5.76 Å². The summed E-state index contributed by atoms with van der Waals surface area (Å²) in [4.78, 5) is 12.4. The van der Waals surface area contributed by atoms with Crippen molar-refractivity contribution in [3.8, 4) is 0 Å². The number of carbonyl (C=O) groups excluding carboxylic acids is 1. The van der Waals surface area contributed by atoms with Gasteiger partial charge >= 0.3 is 0 Å². The molecule has 2 rings (SSSR count). The van der Waals surface area contributed by atoms with E-state index in [9.17, 15) is 4.79 Å². The molecule has 1 aliphatic rings. The predicted octanol–water partition coefficient (Wildman–Crippen LogP) is 4.00. The van der Waals surface area contributed by atoms with E-state index in [4.69, 9.17) is 4.42 Å². The second-order valence-electron chi connectivity index (χ2n) is 4.79. The molecule has 16 heavy (non-hydrogen) atoms. The molecule has 2 nitrogen and oxygen atoms in total. The lowest BCUT2D eigenvalue weighted by Gasteiger charge is -2.24. The minimum atomic E-state index is -0.122. The maximum absolute atomic E-state index is 12.4. The van der Waals surface area contributed by atoms with Crippen LogP contribution < -0.4 is 0 Å². The molecular weight excluding hydrogens is 200 g/mol. The molecule has 0 aliphatic heterocycles. The molecule has 0 bridgehead atoms. The van der Waals surface area contributed by atoms with E-state index in [1.165, 1.54) is 12.8 Å². The van der Waals surface area contributed by atoms with Crippen molar-refractivity contribution in [1.82, 2.24) is 0 Å². The topological polar surface area (TPSA) is 30.2 Å². The molecular formula is C14H20O2. The molecule has 0 saturated heterocycles. The van der Waals surface area contributed by atoms with Crippen molar-refractivity contribution in [3.63, 3.8) is 0 Å². The monoisotopic (exact) mass is 220 g/mol. The third-order valence-corrected chi connectivity index (χ3v) is 3.95. The van der Waals surface area contributed by atoms with Gasteiger partial charge in [-0.1, -0.05) is 26.7 Å². The van der Waals surface area contributed by atoms with Gasteiger partial charge in [-0.2, -0.15) is 0 Å². The van der Waals surface area contributed by atoms with Crippen molar-refractivity contribution >= 4 is 5.78 Å². The van der Waals surface area contributed by atoms with Gasteiger partial charge in [0, 0.05) is 11.8 Å². The smallest absolute Gasteiger partial charge is 0.204 e.